The van der Waals surface area contributed by atoms with Crippen LogP contribution in [0.2, 0.25) is 0 Å². The van der Waals surface area contributed by atoms with Crippen LogP contribution in [0, 0.1) is 18.8 Å². The van der Waals surface area contributed by atoms with Crippen LogP contribution in [0.25, 0.3) is 22.1 Å². The molecule has 6 nitrogen and oxygen atoms in total. The fourth-order valence-electron chi connectivity index (χ4n) is 6.00. The Bertz CT molecular complexity index is 1470. The molecule has 0 radical (unpaired) electrons. The SMILES string of the molecule is Cc1cc(CN2CCC[C@H](C)C2)cc2c(=O)c(-c3cccc(C(c4nncn4C)C4CC4)c3)coc12. The molecule has 2 atom stereocenters. The average Bonchev–Trinajstić information content (AvgIpc) is 3.61. The number of likely N-dealkylation sites (tertiary alicyclic amines) is 1. The molecular formula is C30H34N4O2. The maximum absolute atomic E-state index is 13.8. The van der Waals surface area contributed by atoms with Crippen LogP contribution in [0.15, 0.2) is 58.2 Å². The Morgan fingerprint density at radius 1 is 1.17 bits per heavy atom. The van der Waals surface area contributed by atoms with Crippen molar-refractivity contribution in [3.05, 3.63) is 81.7 Å². The van der Waals surface area contributed by atoms with E-state index in [0.717, 1.165) is 42.5 Å². The van der Waals surface area contributed by atoms with E-state index in [1.165, 1.54) is 36.8 Å². The number of aromatic nitrogens is 3. The van der Waals surface area contributed by atoms with Gasteiger partial charge in [0, 0.05) is 26.1 Å². The second kappa shape index (κ2) is 9.32. The molecule has 2 aliphatic rings. The van der Waals surface area contributed by atoms with Crippen molar-refractivity contribution in [1.29, 1.82) is 0 Å². The van der Waals surface area contributed by atoms with Gasteiger partial charge in [0.15, 0.2) is 0 Å². The molecule has 2 fully saturated rings. The third kappa shape index (κ3) is 4.39. The zero-order valence-corrected chi connectivity index (χ0v) is 21.4. The number of nitrogens with zero attached hydrogens (tertiary/aromatic N) is 4. The van der Waals surface area contributed by atoms with Crippen LogP contribution in [0.3, 0.4) is 0 Å². The average molecular weight is 483 g/mol. The molecule has 3 heterocycles. The number of fused-ring (bicyclic) bond motifs is 1. The van der Waals surface area contributed by atoms with Crippen LogP contribution in [0.1, 0.15) is 61.0 Å². The highest BCUT2D eigenvalue weighted by Crippen LogP contribution is 2.46. The van der Waals surface area contributed by atoms with Crippen molar-refractivity contribution >= 4 is 11.0 Å². The van der Waals surface area contributed by atoms with Gasteiger partial charge in [-0.05, 0) is 79.3 Å². The van der Waals surface area contributed by atoms with Gasteiger partial charge in [0.25, 0.3) is 0 Å². The van der Waals surface area contributed by atoms with Gasteiger partial charge in [0.1, 0.15) is 24.0 Å². The Balaban J connectivity index is 1.38. The summed E-state index contributed by atoms with van der Waals surface area (Å²) in [4.78, 5) is 16.3. The first kappa shape index (κ1) is 23.2. The lowest BCUT2D eigenvalue weighted by molar-refractivity contribution is 0.176. The minimum absolute atomic E-state index is 0.0343. The first-order valence-corrected chi connectivity index (χ1v) is 13.2. The van der Waals surface area contributed by atoms with Crippen LogP contribution >= 0.6 is 0 Å². The lowest BCUT2D eigenvalue weighted by Crippen LogP contribution is -2.33. The van der Waals surface area contributed by atoms with Gasteiger partial charge in [-0.3, -0.25) is 9.69 Å². The first-order chi connectivity index (χ1) is 17.5. The molecule has 1 aliphatic carbocycles. The van der Waals surface area contributed by atoms with Crippen LogP contribution in [-0.4, -0.2) is 32.8 Å². The zero-order valence-electron chi connectivity index (χ0n) is 21.4. The predicted octanol–water partition coefficient (Wildman–Crippen LogP) is 5.67. The van der Waals surface area contributed by atoms with Crippen LogP contribution < -0.4 is 5.43 Å². The second-order valence-electron chi connectivity index (χ2n) is 11.0. The van der Waals surface area contributed by atoms with Crippen LogP contribution in [0.5, 0.6) is 0 Å². The number of aryl methyl sites for hydroxylation is 2. The molecule has 1 saturated carbocycles. The lowest BCUT2D eigenvalue weighted by atomic mass is 9.90. The number of rotatable bonds is 6. The van der Waals surface area contributed by atoms with Gasteiger partial charge in [0.2, 0.25) is 5.43 Å². The highest BCUT2D eigenvalue weighted by Gasteiger charge is 2.36. The van der Waals surface area contributed by atoms with Gasteiger partial charge in [-0.1, -0.05) is 37.3 Å². The molecule has 2 aromatic carbocycles. The lowest BCUT2D eigenvalue weighted by Gasteiger charge is -2.30. The quantitative estimate of drug-likeness (QED) is 0.354. The highest BCUT2D eigenvalue weighted by atomic mass is 16.3. The Labute approximate surface area is 212 Å². The van der Waals surface area contributed by atoms with E-state index in [-0.39, 0.29) is 11.3 Å². The molecule has 0 bridgehead atoms. The van der Waals surface area contributed by atoms with Gasteiger partial charge in [-0.2, -0.15) is 0 Å². The number of piperidine rings is 1. The van der Waals surface area contributed by atoms with Crippen molar-refractivity contribution in [2.45, 2.75) is 52.0 Å². The van der Waals surface area contributed by atoms with Crippen LogP contribution in [-0.2, 0) is 13.6 Å². The standard InChI is InChI=1S/C30H34N4O2/c1-19-6-5-11-34(15-19)16-21-12-20(2)29-25(13-21)28(35)26(17-36-29)23-7-4-8-24(14-23)27(22-9-10-22)30-32-31-18-33(30)3/h4,7-8,12-14,17-19,22,27H,5-6,9-11,15-16H2,1-3H3/t19-,27?/m0/s1. The molecule has 1 aliphatic heterocycles. The van der Waals surface area contributed by atoms with Crippen molar-refractivity contribution < 1.29 is 4.42 Å². The Hall–Kier alpha value is -3.25. The Morgan fingerprint density at radius 3 is 2.78 bits per heavy atom. The third-order valence-electron chi connectivity index (χ3n) is 7.94. The van der Waals surface area contributed by atoms with E-state index in [2.05, 4.69) is 40.2 Å². The van der Waals surface area contributed by atoms with E-state index in [9.17, 15) is 4.79 Å². The Kier molecular flexibility index (Phi) is 6.00. The smallest absolute Gasteiger partial charge is 0.200 e. The summed E-state index contributed by atoms with van der Waals surface area (Å²) in [7, 11) is 2.00. The molecular weight excluding hydrogens is 448 g/mol. The normalized spacial score (nSPS) is 19.6. The molecule has 36 heavy (non-hydrogen) atoms. The fraction of sp³-hybridized carbons (Fsp3) is 0.433. The van der Waals surface area contributed by atoms with Gasteiger partial charge in [0.05, 0.1) is 10.9 Å². The van der Waals surface area contributed by atoms with Crippen LogP contribution in [0.4, 0.5) is 0 Å². The van der Waals surface area contributed by atoms with Gasteiger partial charge >= 0.3 is 0 Å². The van der Waals surface area contributed by atoms with Crippen molar-refractivity contribution in [3.63, 3.8) is 0 Å². The first-order valence-electron chi connectivity index (χ1n) is 13.2. The zero-order chi connectivity index (χ0) is 24.8. The molecule has 0 amide bonds. The molecule has 2 aromatic heterocycles. The number of benzene rings is 2. The Morgan fingerprint density at radius 2 is 2.03 bits per heavy atom. The van der Waals surface area contributed by atoms with Gasteiger partial charge in [-0.15, -0.1) is 10.2 Å². The topological polar surface area (TPSA) is 64.2 Å². The number of hydrogen-bond acceptors (Lipinski definition) is 5. The van der Waals surface area contributed by atoms with E-state index < -0.39 is 0 Å². The van der Waals surface area contributed by atoms with E-state index in [1.54, 1.807) is 12.6 Å². The summed E-state index contributed by atoms with van der Waals surface area (Å²) < 4.78 is 8.09. The predicted molar refractivity (Wildman–Crippen MR) is 142 cm³/mol. The fourth-order valence-corrected chi connectivity index (χ4v) is 6.00. The molecule has 0 spiro atoms. The molecule has 6 heteroatoms. The largest absolute Gasteiger partial charge is 0.463 e. The van der Waals surface area contributed by atoms with Crippen molar-refractivity contribution in [2.75, 3.05) is 13.1 Å². The molecule has 0 N–H and O–H groups in total. The molecule has 1 unspecified atom stereocenters. The van der Waals surface area contributed by atoms with Crippen molar-refractivity contribution in [1.82, 2.24) is 19.7 Å². The summed E-state index contributed by atoms with van der Waals surface area (Å²) in [6, 6.07) is 12.6. The van der Waals surface area contributed by atoms with Gasteiger partial charge < -0.3 is 8.98 Å². The van der Waals surface area contributed by atoms with Crippen molar-refractivity contribution in [3.8, 4) is 11.1 Å². The summed E-state index contributed by atoms with van der Waals surface area (Å²) >= 11 is 0. The monoisotopic (exact) mass is 482 g/mol. The minimum Gasteiger partial charge on any atom is -0.463 e. The maximum Gasteiger partial charge on any atom is 0.200 e. The summed E-state index contributed by atoms with van der Waals surface area (Å²) in [6.45, 7) is 7.48. The van der Waals surface area contributed by atoms with E-state index in [4.69, 9.17) is 4.42 Å². The highest BCUT2D eigenvalue weighted by molar-refractivity contribution is 5.84. The molecule has 186 valence electrons. The van der Waals surface area contributed by atoms with E-state index >= 15 is 0 Å². The molecule has 1 saturated heterocycles. The van der Waals surface area contributed by atoms with Gasteiger partial charge in [-0.25, -0.2) is 0 Å². The third-order valence-corrected chi connectivity index (χ3v) is 7.94. The summed E-state index contributed by atoms with van der Waals surface area (Å²) in [5.41, 5.74) is 5.60. The molecule has 4 aromatic rings. The van der Waals surface area contributed by atoms with E-state index in [0.29, 0.717) is 22.5 Å². The van der Waals surface area contributed by atoms with E-state index in [1.807, 2.05) is 36.7 Å². The molecule has 6 rings (SSSR count). The second-order valence-corrected chi connectivity index (χ2v) is 11.0. The summed E-state index contributed by atoms with van der Waals surface area (Å²) in [5.74, 6) is 2.46. The maximum atomic E-state index is 13.8. The summed E-state index contributed by atoms with van der Waals surface area (Å²) in [5, 5.41) is 9.20. The van der Waals surface area contributed by atoms with Crippen molar-refractivity contribution in [2.24, 2.45) is 18.9 Å². The number of hydrogen-bond donors (Lipinski definition) is 0. The summed E-state index contributed by atoms with van der Waals surface area (Å²) in [6.07, 6.45) is 8.33. The minimum atomic E-state index is 0.0343.